The van der Waals surface area contributed by atoms with E-state index in [2.05, 4.69) is 15.4 Å². The molecule has 6 nitrogen and oxygen atoms in total. The molecule has 1 aromatic carbocycles. The molecule has 2 aromatic rings. The van der Waals surface area contributed by atoms with Gasteiger partial charge in [-0.2, -0.15) is 15.4 Å². The summed E-state index contributed by atoms with van der Waals surface area (Å²) in [6.07, 6.45) is -0.236. The quantitative estimate of drug-likeness (QED) is 0.912. The number of nitrogens with zero attached hydrogens (tertiary/aromatic N) is 3. The lowest BCUT2D eigenvalue weighted by molar-refractivity contribution is -0.0230. The number of aryl methyl sites for hydroxylation is 1. The van der Waals surface area contributed by atoms with Crippen molar-refractivity contribution in [3.8, 4) is 0 Å². The average Bonchev–Trinajstić information content (AvgIpc) is 2.95. The molecule has 1 atom stereocenters. The summed E-state index contributed by atoms with van der Waals surface area (Å²) in [4.78, 5) is 14.2. The number of rotatable bonds is 2. The number of benzene rings is 1. The highest BCUT2D eigenvalue weighted by Crippen LogP contribution is 2.29. The van der Waals surface area contributed by atoms with Gasteiger partial charge in [0.25, 0.3) is 5.91 Å². The van der Waals surface area contributed by atoms with Gasteiger partial charge in [-0.3, -0.25) is 4.79 Å². The summed E-state index contributed by atoms with van der Waals surface area (Å²) in [5.74, 6) is -0.153. The van der Waals surface area contributed by atoms with Crippen LogP contribution in [0.1, 0.15) is 27.8 Å². The average molecular weight is 341 g/mol. The standard InChI is InChI=1S/C14H14Cl2N4O2/c1-8-13(18-19-17-8)14(21)20-4-5-22-12(7-20)9-2-3-10(15)11(16)6-9/h2-3,6,12H,4-5,7H2,1H3,(H,17,18,19)/t12-/m0/s1. The van der Waals surface area contributed by atoms with Crippen LogP contribution in [0.2, 0.25) is 10.0 Å². The van der Waals surface area contributed by atoms with Crippen molar-refractivity contribution < 1.29 is 9.53 Å². The van der Waals surface area contributed by atoms with E-state index in [0.717, 1.165) is 5.56 Å². The van der Waals surface area contributed by atoms with Crippen LogP contribution in [0.25, 0.3) is 0 Å². The van der Waals surface area contributed by atoms with Crippen LogP contribution in [-0.4, -0.2) is 45.9 Å². The predicted molar refractivity (Wildman–Crippen MR) is 82.2 cm³/mol. The fourth-order valence-electron chi connectivity index (χ4n) is 2.38. The molecule has 2 heterocycles. The number of ether oxygens (including phenoxy) is 1. The Morgan fingerprint density at radius 2 is 2.18 bits per heavy atom. The van der Waals surface area contributed by atoms with E-state index in [1.54, 1.807) is 24.0 Å². The summed E-state index contributed by atoms with van der Waals surface area (Å²) in [5, 5.41) is 11.2. The molecule has 1 aliphatic heterocycles. The third kappa shape index (κ3) is 2.95. The topological polar surface area (TPSA) is 71.1 Å². The maximum Gasteiger partial charge on any atom is 0.276 e. The van der Waals surface area contributed by atoms with Gasteiger partial charge in [0.2, 0.25) is 0 Å². The summed E-state index contributed by atoms with van der Waals surface area (Å²) in [6.45, 7) is 3.15. The smallest absolute Gasteiger partial charge is 0.276 e. The van der Waals surface area contributed by atoms with Crippen molar-refractivity contribution in [3.05, 3.63) is 45.2 Å². The number of amides is 1. The lowest BCUT2D eigenvalue weighted by Crippen LogP contribution is -2.42. The molecule has 0 spiro atoms. The fraction of sp³-hybridized carbons (Fsp3) is 0.357. The van der Waals surface area contributed by atoms with Crippen molar-refractivity contribution in [3.63, 3.8) is 0 Å². The van der Waals surface area contributed by atoms with Crippen LogP contribution in [0.15, 0.2) is 18.2 Å². The van der Waals surface area contributed by atoms with Crippen molar-refractivity contribution in [2.45, 2.75) is 13.0 Å². The second-order valence-electron chi connectivity index (χ2n) is 5.04. The zero-order chi connectivity index (χ0) is 15.7. The first-order valence-electron chi connectivity index (χ1n) is 6.79. The first-order chi connectivity index (χ1) is 10.6. The second kappa shape index (κ2) is 6.24. The maximum absolute atomic E-state index is 12.5. The minimum absolute atomic E-state index is 0.153. The van der Waals surface area contributed by atoms with Gasteiger partial charge in [-0.1, -0.05) is 29.3 Å². The third-order valence-electron chi connectivity index (χ3n) is 3.59. The first-order valence-corrected chi connectivity index (χ1v) is 7.55. The van der Waals surface area contributed by atoms with E-state index in [4.69, 9.17) is 27.9 Å². The van der Waals surface area contributed by atoms with Gasteiger partial charge in [-0.15, -0.1) is 0 Å². The van der Waals surface area contributed by atoms with E-state index in [1.165, 1.54) is 0 Å². The highest BCUT2D eigenvalue weighted by atomic mass is 35.5. The Morgan fingerprint density at radius 3 is 2.86 bits per heavy atom. The zero-order valence-corrected chi connectivity index (χ0v) is 13.4. The Labute approximate surface area is 137 Å². The number of H-pyrrole nitrogens is 1. The van der Waals surface area contributed by atoms with Crippen LogP contribution in [-0.2, 0) is 4.74 Å². The van der Waals surface area contributed by atoms with Gasteiger partial charge in [0.15, 0.2) is 5.69 Å². The molecule has 116 valence electrons. The van der Waals surface area contributed by atoms with Crippen LogP contribution >= 0.6 is 23.2 Å². The highest BCUT2D eigenvalue weighted by Gasteiger charge is 2.28. The summed E-state index contributed by atoms with van der Waals surface area (Å²) < 4.78 is 5.75. The monoisotopic (exact) mass is 340 g/mol. The van der Waals surface area contributed by atoms with Gasteiger partial charge in [-0.05, 0) is 24.6 Å². The molecule has 1 N–H and O–H groups in total. The van der Waals surface area contributed by atoms with E-state index in [9.17, 15) is 4.79 Å². The Morgan fingerprint density at radius 1 is 1.36 bits per heavy atom. The van der Waals surface area contributed by atoms with Crippen molar-refractivity contribution in [2.24, 2.45) is 0 Å². The molecule has 1 aliphatic rings. The number of hydrogen-bond acceptors (Lipinski definition) is 4. The van der Waals surface area contributed by atoms with Crippen LogP contribution in [0.5, 0.6) is 0 Å². The van der Waals surface area contributed by atoms with Gasteiger partial charge in [0.1, 0.15) is 6.10 Å². The number of carbonyl (C=O) groups is 1. The lowest BCUT2D eigenvalue weighted by atomic mass is 10.1. The number of hydrogen-bond donors (Lipinski definition) is 1. The number of nitrogens with one attached hydrogen (secondary N) is 1. The Hall–Kier alpha value is -1.63. The number of morpholine rings is 1. The van der Waals surface area contributed by atoms with Crippen molar-refractivity contribution in [1.82, 2.24) is 20.3 Å². The van der Waals surface area contributed by atoms with E-state index in [-0.39, 0.29) is 12.0 Å². The molecule has 1 fully saturated rings. The van der Waals surface area contributed by atoms with Crippen LogP contribution in [0, 0.1) is 6.92 Å². The normalized spacial score (nSPS) is 18.5. The Kier molecular flexibility index (Phi) is 4.33. The molecule has 0 saturated carbocycles. The molecule has 22 heavy (non-hydrogen) atoms. The molecule has 0 radical (unpaired) electrons. The molecule has 1 saturated heterocycles. The molecular formula is C14H14Cl2N4O2. The molecule has 0 unspecified atom stereocenters. The number of halogens is 2. The van der Waals surface area contributed by atoms with Crippen LogP contribution in [0.4, 0.5) is 0 Å². The van der Waals surface area contributed by atoms with Gasteiger partial charge in [0.05, 0.1) is 28.9 Å². The molecule has 8 heteroatoms. The number of aromatic amines is 1. The molecule has 3 rings (SSSR count). The second-order valence-corrected chi connectivity index (χ2v) is 5.86. The Balaban J connectivity index is 1.78. The largest absolute Gasteiger partial charge is 0.370 e. The SMILES string of the molecule is Cc1n[nH]nc1C(=O)N1CCO[C@H](c2ccc(Cl)c(Cl)c2)C1. The van der Waals surface area contributed by atoms with E-state index >= 15 is 0 Å². The van der Waals surface area contributed by atoms with E-state index in [1.807, 2.05) is 6.07 Å². The van der Waals surface area contributed by atoms with E-state index in [0.29, 0.717) is 41.1 Å². The number of aromatic nitrogens is 3. The van der Waals surface area contributed by atoms with Crippen molar-refractivity contribution >= 4 is 29.1 Å². The summed E-state index contributed by atoms with van der Waals surface area (Å²) >= 11 is 12.0. The molecular weight excluding hydrogens is 327 g/mol. The molecule has 0 aliphatic carbocycles. The summed E-state index contributed by atoms with van der Waals surface area (Å²) in [6, 6.07) is 5.35. The van der Waals surface area contributed by atoms with Crippen molar-refractivity contribution in [1.29, 1.82) is 0 Å². The number of carbonyl (C=O) groups excluding carboxylic acids is 1. The van der Waals surface area contributed by atoms with Crippen molar-refractivity contribution in [2.75, 3.05) is 19.7 Å². The van der Waals surface area contributed by atoms with Crippen LogP contribution < -0.4 is 0 Å². The van der Waals surface area contributed by atoms with Gasteiger partial charge in [-0.25, -0.2) is 0 Å². The zero-order valence-electron chi connectivity index (χ0n) is 11.8. The van der Waals surface area contributed by atoms with Crippen LogP contribution in [0.3, 0.4) is 0 Å². The Bertz CT molecular complexity index is 704. The summed E-state index contributed by atoms with van der Waals surface area (Å²) in [7, 11) is 0. The first kappa shape index (κ1) is 15.3. The minimum atomic E-state index is -0.236. The van der Waals surface area contributed by atoms with Gasteiger partial charge in [0, 0.05) is 6.54 Å². The van der Waals surface area contributed by atoms with E-state index < -0.39 is 0 Å². The third-order valence-corrected chi connectivity index (χ3v) is 4.33. The minimum Gasteiger partial charge on any atom is -0.370 e. The summed E-state index contributed by atoms with van der Waals surface area (Å²) in [5.41, 5.74) is 1.82. The van der Waals surface area contributed by atoms with Gasteiger partial charge < -0.3 is 9.64 Å². The predicted octanol–water partition coefficient (Wildman–Crippen LogP) is 2.63. The maximum atomic E-state index is 12.5. The highest BCUT2D eigenvalue weighted by molar-refractivity contribution is 6.42. The van der Waals surface area contributed by atoms with Gasteiger partial charge >= 0.3 is 0 Å². The lowest BCUT2D eigenvalue weighted by Gasteiger charge is -2.33. The molecule has 1 aromatic heterocycles. The molecule has 0 bridgehead atoms. The fourth-order valence-corrected chi connectivity index (χ4v) is 2.69. The molecule has 1 amide bonds.